The first kappa shape index (κ1) is 17.0. The van der Waals surface area contributed by atoms with Gasteiger partial charge in [-0.15, -0.1) is 0 Å². The van der Waals surface area contributed by atoms with Gasteiger partial charge < -0.3 is 10.2 Å². The number of carbonyl (C=O) groups is 1. The molecule has 0 spiro atoms. The number of likely N-dealkylation sites (tertiary alicyclic amines) is 1. The highest BCUT2D eigenvalue weighted by atomic mass is 16.2. The molecule has 0 aromatic carbocycles. The highest BCUT2D eigenvalue weighted by molar-refractivity contribution is 5.94. The molecule has 1 aromatic heterocycles. The van der Waals surface area contributed by atoms with E-state index < -0.39 is 0 Å². The number of anilines is 1. The summed E-state index contributed by atoms with van der Waals surface area (Å²) in [4.78, 5) is 16.8. The molecule has 6 heteroatoms. The Morgan fingerprint density at radius 1 is 1.32 bits per heavy atom. The minimum atomic E-state index is -0.0803. The van der Waals surface area contributed by atoms with Gasteiger partial charge in [0.2, 0.25) is 5.91 Å². The molecular formula is C16H29N5O. The van der Waals surface area contributed by atoms with Gasteiger partial charge in [-0.1, -0.05) is 12.8 Å². The fourth-order valence-corrected chi connectivity index (χ4v) is 2.75. The van der Waals surface area contributed by atoms with Gasteiger partial charge in [-0.25, -0.2) is 0 Å². The molecule has 0 radical (unpaired) electrons. The van der Waals surface area contributed by atoms with E-state index in [0.29, 0.717) is 0 Å². The Morgan fingerprint density at radius 3 is 2.64 bits per heavy atom. The molecular weight excluding hydrogens is 278 g/mol. The second kappa shape index (κ2) is 8.29. The highest BCUT2D eigenvalue weighted by Gasteiger charge is 2.22. The maximum Gasteiger partial charge on any atom is 0.241 e. The predicted molar refractivity (Wildman–Crippen MR) is 88.9 cm³/mol. The lowest BCUT2D eigenvalue weighted by molar-refractivity contribution is -0.120. The van der Waals surface area contributed by atoms with Crippen molar-refractivity contribution in [1.82, 2.24) is 19.6 Å². The molecule has 1 amide bonds. The van der Waals surface area contributed by atoms with Gasteiger partial charge in [0.1, 0.15) is 0 Å². The molecule has 124 valence electrons. The molecule has 22 heavy (non-hydrogen) atoms. The summed E-state index contributed by atoms with van der Waals surface area (Å²) in [5.74, 6) is 0.0639. The van der Waals surface area contributed by atoms with Crippen molar-refractivity contribution in [3.8, 4) is 0 Å². The van der Waals surface area contributed by atoms with Crippen LogP contribution in [0.4, 0.5) is 5.69 Å². The van der Waals surface area contributed by atoms with Gasteiger partial charge in [0.15, 0.2) is 0 Å². The van der Waals surface area contributed by atoms with Crippen molar-refractivity contribution in [2.24, 2.45) is 0 Å². The van der Waals surface area contributed by atoms with Crippen LogP contribution >= 0.6 is 0 Å². The standard InChI is InChI=1S/C16H29N5O/c1-14(20-8-6-4-5-7-9-20)16(22)18-15-12-17-21(13-15)11-10-19(2)3/h12-14H,4-11H2,1-3H3,(H,18,22). The van der Waals surface area contributed by atoms with Crippen LogP contribution < -0.4 is 5.32 Å². The average molecular weight is 307 g/mol. The van der Waals surface area contributed by atoms with E-state index in [1.165, 1.54) is 25.7 Å². The average Bonchev–Trinajstić information content (AvgIpc) is 2.75. The zero-order valence-corrected chi connectivity index (χ0v) is 14.1. The Morgan fingerprint density at radius 2 is 2.00 bits per heavy atom. The molecule has 2 heterocycles. The van der Waals surface area contributed by atoms with Crippen molar-refractivity contribution in [1.29, 1.82) is 0 Å². The topological polar surface area (TPSA) is 53.4 Å². The number of nitrogens with one attached hydrogen (secondary N) is 1. The van der Waals surface area contributed by atoms with E-state index in [2.05, 4.69) is 20.2 Å². The number of nitrogens with zero attached hydrogens (tertiary/aromatic N) is 4. The lowest BCUT2D eigenvalue weighted by Crippen LogP contribution is -2.42. The maximum atomic E-state index is 12.4. The van der Waals surface area contributed by atoms with Gasteiger partial charge in [-0.3, -0.25) is 14.4 Å². The number of hydrogen-bond acceptors (Lipinski definition) is 4. The monoisotopic (exact) mass is 307 g/mol. The third-order valence-electron chi connectivity index (χ3n) is 4.24. The van der Waals surface area contributed by atoms with Gasteiger partial charge in [0.05, 0.1) is 24.5 Å². The molecule has 1 saturated heterocycles. The molecule has 0 aliphatic carbocycles. The van der Waals surface area contributed by atoms with Crippen LogP contribution in [0.3, 0.4) is 0 Å². The molecule has 2 rings (SSSR count). The van der Waals surface area contributed by atoms with Gasteiger partial charge >= 0.3 is 0 Å². The molecule has 1 unspecified atom stereocenters. The zero-order valence-electron chi connectivity index (χ0n) is 14.1. The van der Waals surface area contributed by atoms with Crippen LogP contribution in [-0.4, -0.2) is 65.3 Å². The number of rotatable bonds is 6. The van der Waals surface area contributed by atoms with E-state index in [-0.39, 0.29) is 11.9 Å². The molecule has 1 aliphatic heterocycles. The van der Waals surface area contributed by atoms with E-state index in [1.54, 1.807) is 6.20 Å². The predicted octanol–water partition coefficient (Wildman–Crippen LogP) is 1.65. The van der Waals surface area contributed by atoms with Crippen LogP contribution in [0.15, 0.2) is 12.4 Å². The third kappa shape index (κ3) is 5.10. The van der Waals surface area contributed by atoms with Gasteiger partial charge in [-0.05, 0) is 47.0 Å². The maximum absolute atomic E-state index is 12.4. The largest absolute Gasteiger partial charge is 0.322 e. The van der Waals surface area contributed by atoms with Crippen molar-refractivity contribution in [2.75, 3.05) is 39.0 Å². The van der Waals surface area contributed by atoms with Crippen molar-refractivity contribution < 1.29 is 4.79 Å². The second-order valence-electron chi connectivity index (χ2n) is 6.41. The molecule has 1 N–H and O–H groups in total. The Labute approximate surface area is 133 Å². The van der Waals surface area contributed by atoms with Gasteiger partial charge in [0.25, 0.3) is 0 Å². The Bertz CT molecular complexity index is 463. The summed E-state index contributed by atoms with van der Waals surface area (Å²) in [6.45, 7) is 5.80. The number of aromatic nitrogens is 2. The first-order valence-electron chi connectivity index (χ1n) is 8.28. The van der Waals surface area contributed by atoms with Crippen molar-refractivity contribution in [2.45, 2.75) is 45.2 Å². The summed E-state index contributed by atoms with van der Waals surface area (Å²) in [7, 11) is 4.07. The van der Waals surface area contributed by atoms with Gasteiger partial charge in [-0.2, -0.15) is 5.10 Å². The van der Waals surface area contributed by atoms with E-state index in [1.807, 2.05) is 31.9 Å². The van der Waals surface area contributed by atoms with E-state index >= 15 is 0 Å². The van der Waals surface area contributed by atoms with Crippen molar-refractivity contribution in [3.05, 3.63) is 12.4 Å². The van der Waals surface area contributed by atoms with Crippen LogP contribution in [0.5, 0.6) is 0 Å². The number of likely N-dealkylation sites (N-methyl/N-ethyl adjacent to an activating group) is 1. The normalized spacial score (nSPS) is 18.2. The van der Waals surface area contributed by atoms with Gasteiger partial charge in [0, 0.05) is 12.7 Å². The van der Waals surface area contributed by atoms with E-state index in [9.17, 15) is 4.79 Å². The fourth-order valence-electron chi connectivity index (χ4n) is 2.75. The Hall–Kier alpha value is -1.40. The first-order valence-corrected chi connectivity index (χ1v) is 8.28. The minimum absolute atomic E-state index is 0.0639. The smallest absolute Gasteiger partial charge is 0.241 e. The minimum Gasteiger partial charge on any atom is -0.322 e. The quantitative estimate of drug-likeness (QED) is 0.868. The molecule has 1 fully saturated rings. The van der Waals surface area contributed by atoms with Crippen LogP contribution in [0, 0.1) is 0 Å². The molecule has 6 nitrogen and oxygen atoms in total. The van der Waals surface area contributed by atoms with Crippen molar-refractivity contribution in [3.63, 3.8) is 0 Å². The summed E-state index contributed by atoms with van der Waals surface area (Å²) < 4.78 is 1.87. The highest BCUT2D eigenvalue weighted by Crippen LogP contribution is 2.14. The summed E-state index contributed by atoms with van der Waals surface area (Å²) in [6.07, 6.45) is 8.58. The molecule has 1 aromatic rings. The molecule has 0 bridgehead atoms. The molecule has 1 atom stereocenters. The van der Waals surface area contributed by atoms with Crippen LogP contribution in [0.1, 0.15) is 32.6 Å². The van der Waals surface area contributed by atoms with Crippen molar-refractivity contribution >= 4 is 11.6 Å². The van der Waals surface area contributed by atoms with Crippen LogP contribution in [0.25, 0.3) is 0 Å². The lowest BCUT2D eigenvalue weighted by Gasteiger charge is -2.26. The second-order valence-corrected chi connectivity index (χ2v) is 6.41. The van der Waals surface area contributed by atoms with Crippen LogP contribution in [-0.2, 0) is 11.3 Å². The number of carbonyl (C=O) groups excluding carboxylic acids is 1. The number of amides is 1. The summed E-state index contributed by atoms with van der Waals surface area (Å²) in [5.41, 5.74) is 0.783. The van der Waals surface area contributed by atoms with E-state index in [4.69, 9.17) is 0 Å². The Balaban J connectivity index is 1.85. The number of hydrogen-bond donors (Lipinski definition) is 1. The third-order valence-corrected chi connectivity index (χ3v) is 4.24. The molecule has 0 saturated carbocycles. The fraction of sp³-hybridized carbons (Fsp3) is 0.750. The summed E-state index contributed by atoms with van der Waals surface area (Å²) in [5, 5.41) is 7.28. The van der Waals surface area contributed by atoms with E-state index in [0.717, 1.165) is 31.9 Å². The summed E-state index contributed by atoms with van der Waals surface area (Å²) >= 11 is 0. The zero-order chi connectivity index (χ0) is 15.9. The SMILES string of the molecule is CC(C(=O)Nc1cnn(CCN(C)C)c1)N1CCCCCC1. The van der Waals surface area contributed by atoms with Crippen LogP contribution in [0.2, 0.25) is 0 Å². The molecule has 1 aliphatic rings. The first-order chi connectivity index (χ1) is 10.6. The summed E-state index contributed by atoms with van der Waals surface area (Å²) in [6, 6.07) is -0.0803. The Kier molecular flexibility index (Phi) is 6.39. The lowest BCUT2D eigenvalue weighted by atomic mass is 10.2.